The summed E-state index contributed by atoms with van der Waals surface area (Å²) in [4.78, 5) is 7.18. The summed E-state index contributed by atoms with van der Waals surface area (Å²) >= 11 is 0. The van der Waals surface area contributed by atoms with Crippen LogP contribution in [0.3, 0.4) is 0 Å². The van der Waals surface area contributed by atoms with Crippen molar-refractivity contribution in [2.24, 2.45) is 0 Å². The molecule has 0 atom stereocenters. The Morgan fingerprint density at radius 1 is 0.429 bits per heavy atom. The van der Waals surface area contributed by atoms with E-state index in [4.69, 9.17) is 9.30 Å². The number of guanidine groups is 2. The first-order valence-electron chi connectivity index (χ1n) is 14.1. The Labute approximate surface area is 311 Å². The van der Waals surface area contributed by atoms with Crippen LogP contribution in [0.2, 0.25) is 78.6 Å². The van der Waals surface area contributed by atoms with Crippen LogP contribution in [0.15, 0.2) is 0 Å². The van der Waals surface area contributed by atoms with Gasteiger partial charge in [0.25, 0.3) is 0 Å². The number of nitrogens with zero attached hydrogens (tertiary/aromatic N) is 8. The summed E-state index contributed by atoms with van der Waals surface area (Å²) in [6.07, 6.45) is 0. The van der Waals surface area contributed by atoms with E-state index < -0.39 is 32.9 Å². The first-order chi connectivity index (χ1) is 16.7. The molecule has 42 heavy (non-hydrogen) atoms. The molecule has 0 heterocycles. The van der Waals surface area contributed by atoms with E-state index in [1.807, 2.05) is 65.7 Å². The van der Waals surface area contributed by atoms with Crippen molar-refractivity contribution in [1.29, 1.82) is 0 Å². The molecule has 0 aliphatic heterocycles. The van der Waals surface area contributed by atoms with Crippen molar-refractivity contribution >= 4 is 44.9 Å². The molecule has 0 saturated carbocycles. The Balaban J connectivity index is -0.0000000593. The van der Waals surface area contributed by atoms with Gasteiger partial charge in [-0.15, -0.1) is 0 Å². The van der Waals surface area contributed by atoms with Gasteiger partial charge in [0.05, 0.1) is 0 Å². The third kappa shape index (κ3) is 48.3. The van der Waals surface area contributed by atoms with Crippen molar-refractivity contribution in [3.8, 4) is 0 Å². The Morgan fingerprint density at radius 3 is 0.595 bits per heavy atom. The molecular formula is C26H68Cu4N8Si4. The molecule has 8 nitrogen and oxygen atoms in total. The molecule has 0 spiro atoms. The van der Waals surface area contributed by atoms with Gasteiger partial charge in [0.1, 0.15) is 0 Å². The van der Waals surface area contributed by atoms with E-state index in [0.29, 0.717) is 11.9 Å². The second kappa shape index (κ2) is 29.8. The van der Waals surface area contributed by atoms with Gasteiger partial charge in [-0.2, -0.15) is 0 Å². The molecule has 0 aromatic carbocycles. The van der Waals surface area contributed by atoms with Gasteiger partial charge in [0.15, 0.2) is 0 Å². The zero-order valence-corrected chi connectivity index (χ0v) is 38.4. The van der Waals surface area contributed by atoms with Crippen LogP contribution in [0, 0.1) is 0 Å². The summed E-state index contributed by atoms with van der Waals surface area (Å²) in [5.74, 6) is 0.676. The quantitative estimate of drug-likeness (QED) is 0.143. The first-order valence-corrected chi connectivity index (χ1v) is 27.9. The van der Waals surface area contributed by atoms with Crippen LogP contribution in [0.1, 0.15) is 27.7 Å². The molecule has 0 radical (unpaired) electrons. The topological polar surface area (TPSA) is 85.8 Å². The van der Waals surface area contributed by atoms with Crippen LogP contribution in [0.5, 0.6) is 0 Å². The van der Waals surface area contributed by atoms with E-state index in [2.05, 4.69) is 78.6 Å². The van der Waals surface area contributed by atoms with Crippen molar-refractivity contribution in [2.75, 3.05) is 54.4 Å². The largest absolute Gasteiger partial charge is 1.00 e. The minimum Gasteiger partial charge on any atom is -0.668 e. The molecule has 0 bridgehead atoms. The van der Waals surface area contributed by atoms with E-state index in [0.717, 1.165) is 26.2 Å². The molecule has 0 aromatic rings. The van der Waals surface area contributed by atoms with Crippen LogP contribution in [-0.4, -0.2) is 119 Å². The number of hydrogen-bond acceptors (Lipinski definition) is 0. The smallest absolute Gasteiger partial charge is 0.668 e. The zero-order chi connectivity index (χ0) is 31.7. The van der Waals surface area contributed by atoms with Gasteiger partial charge in [-0.1, -0.05) is 139 Å². The predicted molar refractivity (Wildman–Crippen MR) is 190 cm³/mol. The van der Waals surface area contributed by atoms with Crippen LogP contribution in [0.4, 0.5) is 0 Å². The number of hydrogen-bond donors (Lipinski definition) is 0. The molecule has 0 aliphatic rings. The van der Waals surface area contributed by atoms with Crippen molar-refractivity contribution in [1.82, 2.24) is 19.6 Å². The van der Waals surface area contributed by atoms with Crippen molar-refractivity contribution in [3.63, 3.8) is 0 Å². The molecule has 0 rings (SSSR count). The Hall–Kier alpha value is 1.41. The Bertz CT molecular complexity index is 550. The molecule has 0 fully saturated rings. The van der Waals surface area contributed by atoms with Crippen molar-refractivity contribution in [3.05, 3.63) is 20.1 Å². The minimum absolute atomic E-state index is 0. The molecular weight excluding hydrogens is 791 g/mol. The van der Waals surface area contributed by atoms with E-state index >= 15 is 0 Å². The summed E-state index contributed by atoms with van der Waals surface area (Å²) in [5.41, 5.74) is 0. The minimum atomic E-state index is -1.11. The molecule has 0 N–H and O–H groups in total. The third-order valence-corrected chi connectivity index (χ3v) is 15.0. The van der Waals surface area contributed by atoms with E-state index in [1.54, 1.807) is 9.80 Å². The van der Waals surface area contributed by atoms with Gasteiger partial charge < -0.3 is 39.7 Å². The van der Waals surface area contributed by atoms with Crippen molar-refractivity contribution in [2.45, 2.75) is 106 Å². The molecule has 0 amide bonds. The zero-order valence-electron chi connectivity index (χ0n) is 30.6. The monoisotopic (exact) mass is 856 g/mol. The normalized spacial score (nSPS) is 10.4. The van der Waals surface area contributed by atoms with Gasteiger partial charge in [-0.25, -0.2) is 0 Å². The molecule has 0 aromatic heterocycles. The summed E-state index contributed by atoms with van der Waals surface area (Å²) in [6, 6.07) is 0. The van der Waals surface area contributed by atoms with Gasteiger partial charge in [-0.3, -0.25) is 0 Å². The fraction of sp³-hybridized carbons (Fsp3) is 0.923. The fourth-order valence-electron chi connectivity index (χ4n) is 3.59. The van der Waals surface area contributed by atoms with Gasteiger partial charge >= 0.3 is 68.3 Å². The third-order valence-electron chi connectivity index (χ3n) is 4.23. The van der Waals surface area contributed by atoms with Crippen molar-refractivity contribution < 1.29 is 68.3 Å². The molecule has 272 valence electrons. The molecule has 0 saturated heterocycles. The average Bonchev–Trinajstić information content (AvgIpc) is 2.65. The van der Waals surface area contributed by atoms with Gasteiger partial charge in [0, 0.05) is 11.9 Å². The number of rotatable bonds is 8. The standard InChI is InChI=1S/2C7H16N3.2C6H18NSi2.4Cu/c2*1-5-10(6-2)7(8)9(3)4;2*1-8(2,3)7-9(4,5)6;;;;/h2*5-6H2,1-4H3;2*1-6H3;;;;/q4*-1;4*+1. The second-order valence-electron chi connectivity index (χ2n) is 13.6. The Kier molecular flexibility index (Phi) is 44.2. The van der Waals surface area contributed by atoms with Crippen LogP contribution < -0.4 is 0 Å². The van der Waals surface area contributed by atoms with Crippen LogP contribution in [0.25, 0.3) is 20.1 Å². The maximum atomic E-state index is 9.35. The van der Waals surface area contributed by atoms with Crippen LogP contribution >= 0.6 is 0 Å². The SMILES string of the molecule is CCN(CC)C(=[N-])N(C)C.CCN(CC)C(=[N-])N(C)C.C[Si](C)(C)[N-][Si](C)(C)C.C[Si](C)(C)[N-][Si](C)(C)C.[Cu+].[Cu+].[Cu+].[Cu+]. The molecule has 0 aliphatic carbocycles. The maximum absolute atomic E-state index is 9.35. The first kappa shape index (κ1) is 62.3. The fourth-order valence-corrected chi connectivity index (χ4v) is 19.7. The van der Waals surface area contributed by atoms with Gasteiger partial charge in [-0.05, 0) is 54.4 Å². The second-order valence-corrected chi connectivity index (χ2v) is 32.8. The maximum Gasteiger partial charge on any atom is 1.00 e. The molecule has 0 unspecified atom stereocenters. The summed E-state index contributed by atoms with van der Waals surface area (Å²) in [5, 5.41) is 18.7. The summed E-state index contributed by atoms with van der Waals surface area (Å²) in [7, 11) is 2.88. The Morgan fingerprint density at radius 2 is 0.571 bits per heavy atom. The summed E-state index contributed by atoms with van der Waals surface area (Å²) < 4.78 is 9.64. The molecule has 16 heteroatoms. The van der Waals surface area contributed by atoms with Gasteiger partial charge in [0.2, 0.25) is 0 Å². The predicted octanol–water partition coefficient (Wildman–Crippen LogP) is 7.68. The summed E-state index contributed by atoms with van der Waals surface area (Å²) in [6.45, 7) is 39.0. The average molecular weight is 859 g/mol. The van der Waals surface area contributed by atoms with E-state index in [1.165, 1.54) is 0 Å². The van der Waals surface area contributed by atoms with E-state index in [-0.39, 0.29) is 68.3 Å². The van der Waals surface area contributed by atoms with E-state index in [9.17, 15) is 10.8 Å². The van der Waals surface area contributed by atoms with Crippen LogP contribution in [-0.2, 0) is 68.3 Å².